The fourth-order valence-electron chi connectivity index (χ4n) is 1.01. The molecule has 74 valence electrons. The van der Waals surface area contributed by atoms with Crippen LogP contribution in [0.2, 0.25) is 0 Å². The summed E-state index contributed by atoms with van der Waals surface area (Å²) < 4.78 is 1.96. The van der Waals surface area contributed by atoms with Gasteiger partial charge in [0.25, 0.3) is 0 Å². The topological polar surface area (TPSA) is 17.8 Å². The van der Waals surface area contributed by atoms with Crippen LogP contribution in [-0.2, 0) is 6.54 Å². The largest absolute Gasteiger partial charge is 0.272 e. The molecule has 1 aromatic rings. The van der Waals surface area contributed by atoms with E-state index in [9.17, 15) is 0 Å². The third-order valence-corrected chi connectivity index (χ3v) is 2.91. The minimum absolute atomic E-state index is 0.0626. The lowest BCUT2D eigenvalue weighted by atomic mass is 10.3. The molecule has 0 bridgehead atoms. The van der Waals surface area contributed by atoms with Crippen molar-refractivity contribution in [3.05, 3.63) is 18.0 Å². The van der Waals surface area contributed by atoms with E-state index in [0.717, 1.165) is 17.9 Å². The second-order valence-corrected chi connectivity index (χ2v) is 4.90. The molecule has 0 saturated heterocycles. The molecule has 0 aliphatic heterocycles. The standard InChI is InChI=1S/C9H15ClN2S/c1-3-13-5-4-12-7-9(6-11-12)8(2)10/h6-8H,3-5H2,1-2H3. The van der Waals surface area contributed by atoms with Gasteiger partial charge in [0, 0.05) is 24.1 Å². The Hall–Kier alpha value is -0.150. The Balaban J connectivity index is 2.40. The second kappa shape index (κ2) is 5.55. The number of hydrogen-bond donors (Lipinski definition) is 0. The van der Waals surface area contributed by atoms with E-state index < -0.39 is 0 Å². The molecule has 1 unspecified atom stereocenters. The van der Waals surface area contributed by atoms with Crippen LogP contribution in [0.3, 0.4) is 0 Å². The molecule has 0 aliphatic carbocycles. The number of halogens is 1. The molecule has 2 nitrogen and oxygen atoms in total. The van der Waals surface area contributed by atoms with Gasteiger partial charge in [-0.1, -0.05) is 6.92 Å². The van der Waals surface area contributed by atoms with E-state index in [0.29, 0.717) is 0 Å². The van der Waals surface area contributed by atoms with E-state index >= 15 is 0 Å². The predicted octanol–water partition coefficient (Wildman–Crippen LogP) is 2.94. The number of rotatable bonds is 5. The monoisotopic (exact) mass is 218 g/mol. The highest BCUT2D eigenvalue weighted by Gasteiger charge is 2.03. The van der Waals surface area contributed by atoms with Gasteiger partial charge in [0.05, 0.1) is 11.6 Å². The SMILES string of the molecule is CCSCCn1cc(C(C)Cl)cn1. The molecular formula is C9H15ClN2S. The Labute approximate surface area is 88.7 Å². The molecule has 4 heteroatoms. The van der Waals surface area contributed by atoms with Crippen LogP contribution in [0.4, 0.5) is 0 Å². The molecule has 1 atom stereocenters. The van der Waals surface area contributed by atoms with Crippen LogP contribution in [0, 0.1) is 0 Å². The van der Waals surface area contributed by atoms with Crippen molar-refractivity contribution in [2.45, 2.75) is 25.8 Å². The lowest BCUT2D eigenvalue weighted by Gasteiger charge is -1.99. The lowest BCUT2D eigenvalue weighted by Crippen LogP contribution is -2.00. The molecule has 0 saturated carbocycles. The molecular weight excluding hydrogens is 204 g/mol. The molecule has 0 fully saturated rings. The van der Waals surface area contributed by atoms with Gasteiger partial charge in [-0.2, -0.15) is 16.9 Å². The second-order valence-electron chi connectivity index (χ2n) is 2.85. The quantitative estimate of drug-likeness (QED) is 0.559. The summed E-state index contributed by atoms with van der Waals surface area (Å²) in [6.07, 6.45) is 3.86. The first-order valence-corrected chi connectivity index (χ1v) is 6.07. The van der Waals surface area contributed by atoms with Gasteiger partial charge in [0.2, 0.25) is 0 Å². The first-order chi connectivity index (χ1) is 6.24. The Morgan fingerprint density at radius 3 is 3.00 bits per heavy atom. The number of aryl methyl sites for hydroxylation is 1. The van der Waals surface area contributed by atoms with Gasteiger partial charge in [-0.3, -0.25) is 4.68 Å². The van der Waals surface area contributed by atoms with Crippen LogP contribution >= 0.6 is 23.4 Å². The zero-order chi connectivity index (χ0) is 9.68. The molecule has 0 aliphatic rings. The van der Waals surface area contributed by atoms with E-state index in [1.807, 2.05) is 35.8 Å². The van der Waals surface area contributed by atoms with Gasteiger partial charge < -0.3 is 0 Å². The average molecular weight is 219 g/mol. The van der Waals surface area contributed by atoms with E-state index in [-0.39, 0.29) is 5.38 Å². The fourth-order valence-corrected chi connectivity index (χ4v) is 1.73. The summed E-state index contributed by atoms with van der Waals surface area (Å²) in [4.78, 5) is 0. The number of alkyl halides is 1. The average Bonchev–Trinajstić information content (AvgIpc) is 2.53. The predicted molar refractivity (Wildman–Crippen MR) is 59.5 cm³/mol. The van der Waals surface area contributed by atoms with Crippen LogP contribution < -0.4 is 0 Å². The molecule has 1 aromatic heterocycles. The Bertz CT molecular complexity index is 248. The number of thioether (sulfide) groups is 1. The molecule has 13 heavy (non-hydrogen) atoms. The first kappa shape index (κ1) is 10.9. The van der Waals surface area contributed by atoms with E-state index in [4.69, 9.17) is 11.6 Å². The van der Waals surface area contributed by atoms with Crippen LogP contribution in [0.5, 0.6) is 0 Å². The van der Waals surface area contributed by atoms with Crippen LogP contribution in [0.15, 0.2) is 12.4 Å². The minimum atomic E-state index is 0.0626. The maximum atomic E-state index is 5.92. The van der Waals surface area contributed by atoms with Crippen molar-refractivity contribution < 1.29 is 0 Å². The van der Waals surface area contributed by atoms with Gasteiger partial charge in [0.15, 0.2) is 0 Å². The summed E-state index contributed by atoms with van der Waals surface area (Å²) >= 11 is 7.85. The van der Waals surface area contributed by atoms with Gasteiger partial charge >= 0.3 is 0 Å². The molecule has 0 spiro atoms. The van der Waals surface area contributed by atoms with Crippen molar-refractivity contribution in [1.29, 1.82) is 0 Å². The maximum Gasteiger partial charge on any atom is 0.0588 e. The highest BCUT2D eigenvalue weighted by molar-refractivity contribution is 7.99. The van der Waals surface area contributed by atoms with Crippen molar-refractivity contribution in [3.8, 4) is 0 Å². The third-order valence-electron chi connectivity index (χ3n) is 1.78. The zero-order valence-electron chi connectivity index (χ0n) is 8.03. The Kier molecular flexibility index (Phi) is 4.67. The van der Waals surface area contributed by atoms with Crippen molar-refractivity contribution in [3.63, 3.8) is 0 Å². The Morgan fingerprint density at radius 2 is 2.46 bits per heavy atom. The van der Waals surface area contributed by atoms with Crippen molar-refractivity contribution in [2.75, 3.05) is 11.5 Å². The van der Waals surface area contributed by atoms with Crippen LogP contribution in [-0.4, -0.2) is 21.3 Å². The first-order valence-electron chi connectivity index (χ1n) is 4.48. The number of hydrogen-bond acceptors (Lipinski definition) is 2. The lowest BCUT2D eigenvalue weighted by molar-refractivity contribution is 0.666. The molecule has 0 radical (unpaired) electrons. The smallest absolute Gasteiger partial charge is 0.0588 e. The molecule has 1 rings (SSSR count). The van der Waals surface area contributed by atoms with E-state index in [2.05, 4.69) is 12.0 Å². The molecule has 0 N–H and O–H groups in total. The molecule has 0 amide bonds. The molecule has 0 aromatic carbocycles. The number of aromatic nitrogens is 2. The van der Waals surface area contributed by atoms with Gasteiger partial charge in [0.1, 0.15) is 0 Å². The summed E-state index contributed by atoms with van der Waals surface area (Å²) in [5.74, 6) is 2.29. The van der Waals surface area contributed by atoms with E-state index in [1.165, 1.54) is 5.75 Å². The Morgan fingerprint density at radius 1 is 1.69 bits per heavy atom. The van der Waals surface area contributed by atoms with Gasteiger partial charge in [-0.25, -0.2) is 0 Å². The van der Waals surface area contributed by atoms with Gasteiger partial charge in [-0.15, -0.1) is 11.6 Å². The molecule has 1 heterocycles. The van der Waals surface area contributed by atoms with Crippen molar-refractivity contribution >= 4 is 23.4 Å². The van der Waals surface area contributed by atoms with Crippen LogP contribution in [0.1, 0.15) is 24.8 Å². The normalized spacial score (nSPS) is 13.2. The summed E-state index contributed by atoms with van der Waals surface area (Å²) in [7, 11) is 0. The zero-order valence-corrected chi connectivity index (χ0v) is 9.61. The van der Waals surface area contributed by atoms with Crippen molar-refractivity contribution in [2.24, 2.45) is 0 Å². The maximum absolute atomic E-state index is 5.92. The van der Waals surface area contributed by atoms with Crippen molar-refractivity contribution in [1.82, 2.24) is 9.78 Å². The number of nitrogens with zero attached hydrogens (tertiary/aromatic N) is 2. The summed E-state index contributed by atoms with van der Waals surface area (Å²) in [6, 6.07) is 0. The van der Waals surface area contributed by atoms with Crippen LogP contribution in [0.25, 0.3) is 0 Å². The summed E-state index contributed by atoms with van der Waals surface area (Å²) in [6.45, 7) is 5.10. The van der Waals surface area contributed by atoms with E-state index in [1.54, 1.807) is 0 Å². The highest BCUT2D eigenvalue weighted by atomic mass is 35.5. The minimum Gasteiger partial charge on any atom is -0.272 e. The summed E-state index contributed by atoms with van der Waals surface area (Å²) in [5.41, 5.74) is 1.10. The fraction of sp³-hybridized carbons (Fsp3) is 0.667. The summed E-state index contributed by atoms with van der Waals surface area (Å²) in [5, 5.41) is 4.29. The third kappa shape index (κ3) is 3.61. The van der Waals surface area contributed by atoms with Gasteiger partial charge in [-0.05, 0) is 12.7 Å². The highest BCUT2D eigenvalue weighted by Crippen LogP contribution is 2.17.